The van der Waals surface area contributed by atoms with E-state index in [1.165, 1.54) is 65.2 Å². The first-order valence-corrected chi connectivity index (χ1v) is 8.04. The normalized spacial score (nSPS) is 42.6. The number of likely N-dealkylation sites (N-methyl/N-ethyl adjacent to an activating group) is 1. The van der Waals surface area contributed by atoms with Crippen molar-refractivity contribution < 1.29 is 0 Å². The molecule has 0 saturated carbocycles. The quantitative estimate of drug-likeness (QED) is 0.674. The van der Waals surface area contributed by atoms with Gasteiger partial charge in [0.15, 0.2) is 0 Å². The van der Waals surface area contributed by atoms with Crippen LogP contribution in [-0.4, -0.2) is 87.2 Å². The number of nitrogens with one attached hydrogen (secondary N) is 1. The largest absolute Gasteiger partial charge is 0.316 e. The number of rotatable bonds is 0. The Morgan fingerprint density at radius 1 is 0.842 bits per heavy atom. The predicted octanol–water partition coefficient (Wildman–Crippen LogP) is 0.164. The van der Waals surface area contributed by atoms with Gasteiger partial charge in [-0.05, 0) is 65.0 Å². The first-order chi connectivity index (χ1) is 9.22. The molecule has 5 rings (SSSR count). The van der Waals surface area contributed by atoms with Gasteiger partial charge in [0.05, 0.1) is 0 Å². The molecule has 0 spiro atoms. The first kappa shape index (κ1) is 13.8. The maximum Gasteiger partial charge on any atom is 0.0117 e. The minimum absolute atomic E-state index is 0.902. The van der Waals surface area contributed by atoms with E-state index >= 15 is 0 Å². The van der Waals surface area contributed by atoms with Crippen molar-refractivity contribution in [3.8, 4) is 0 Å². The van der Waals surface area contributed by atoms with Gasteiger partial charge in [-0.25, -0.2) is 0 Å². The number of piperidine rings is 1. The zero-order chi connectivity index (χ0) is 13.2. The van der Waals surface area contributed by atoms with Crippen molar-refractivity contribution in [3.63, 3.8) is 0 Å². The van der Waals surface area contributed by atoms with E-state index in [2.05, 4.69) is 34.1 Å². The molecule has 2 unspecified atom stereocenters. The van der Waals surface area contributed by atoms with Gasteiger partial charge in [-0.3, -0.25) is 0 Å². The highest BCUT2D eigenvalue weighted by Gasteiger charge is 2.33. The van der Waals surface area contributed by atoms with Crippen LogP contribution in [0.15, 0.2) is 0 Å². The fourth-order valence-corrected chi connectivity index (χ4v) is 4.16. The summed E-state index contributed by atoms with van der Waals surface area (Å²) in [6, 6.07) is 0.902. The van der Waals surface area contributed by atoms with Gasteiger partial charge >= 0.3 is 0 Å². The highest BCUT2D eigenvalue weighted by Crippen LogP contribution is 2.24. The zero-order valence-corrected chi connectivity index (χ0v) is 12.6. The molecular weight excluding hydrogens is 236 g/mol. The Morgan fingerprint density at radius 2 is 1.47 bits per heavy atom. The SMILES string of the molecule is CN1CC2CNCC2C1.CN1CCN2CCC1CC2. The lowest BCUT2D eigenvalue weighted by Gasteiger charge is -2.28. The van der Waals surface area contributed by atoms with E-state index in [1.807, 2.05) is 0 Å². The predicted molar refractivity (Wildman–Crippen MR) is 79.4 cm³/mol. The lowest BCUT2D eigenvalue weighted by atomic mass is 10.0. The first-order valence-electron chi connectivity index (χ1n) is 8.04. The monoisotopic (exact) mass is 266 g/mol. The Hall–Kier alpha value is -0.160. The fraction of sp³-hybridized carbons (Fsp3) is 1.00. The minimum Gasteiger partial charge on any atom is -0.316 e. The summed E-state index contributed by atoms with van der Waals surface area (Å²) in [6.45, 7) is 10.4. The van der Waals surface area contributed by atoms with Crippen molar-refractivity contribution in [2.24, 2.45) is 11.8 Å². The molecule has 5 fully saturated rings. The van der Waals surface area contributed by atoms with Crippen LogP contribution in [-0.2, 0) is 0 Å². The van der Waals surface area contributed by atoms with Crippen molar-refractivity contribution in [2.75, 3.05) is 66.5 Å². The molecule has 5 aliphatic heterocycles. The molecule has 19 heavy (non-hydrogen) atoms. The van der Waals surface area contributed by atoms with Crippen molar-refractivity contribution in [3.05, 3.63) is 0 Å². The van der Waals surface area contributed by atoms with Crippen LogP contribution in [0.3, 0.4) is 0 Å². The third-order valence-corrected chi connectivity index (χ3v) is 5.52. The van der Waals surface area contributed by atoms with E-state index in [4.69, 9.17) is 0 Å². The van der Waals surface area contributed by atoms with Gasteiger partial charge in [0, 0.05) is 32.2 Å². The van der Waals surface area contributed by atoms with E-state index in [9.17, 15) is 0 Å². The molecular formula is C15H30N4. The zero-order valence-electron chi connectivity index (χ0n) is 12.6. The van der Waals surface area contributed by atoms with E-state index < -0.39 is 0 Å². The summed E-state index contributed by atoms with van der Waals surface area (Å²) in [5.74, 6) is 1.94. The third-order valence-electron chi connectivity index (χ3n) is 5.52. The molecule has 0 aromatic heterocycles. The van der Waals surface area contributed by atoms with Gasteiger partial charge in [-0.1, -0.05) is 0 Å². The minimum atomic E-state index is 0.902. The van der Waals surface area contributed by atoms with Crippen LogP contribution in [0.2, 0.25) is 0 Å². The van der Waals surface area contributed by atoms with Crippen LogP contribution in [0, 0.1) is 11.8 Å². The standard InChI is InChI=1S/C8H16N2.C7H14N2/c1-9-6-7-10-4-2-8(9)3-5-10;1-9-4-6-2-8-3-7(6)5-9/h8H,2-7H2,1H3;6-8H,2-5H2,1H3. The topological polar surface area (TPSA) is 21.8 Å². The lowest BCUT2D eigenvalue weighted by molar-refractivity contribution is 0.209. The molecule has 2 bridgehead atoms. The van der Waals surface area contributed by atoms with E-state index in [1.54, 1.807) is 0 Å². The van der Waals surface area contributed by atoms with Crippen molar-refractivity contribution >= 4 is 0 Å². The second-order valence-electron chi connectivity index (χ2n) is 6.95. The molecule has 1 N–H and O–H groups in total. The molecule has 4 nitrogen and oxygen atoms in total. The molecule has 5 heterocycles. The lowest BCUT2D eigenvalue weighted by Crippen LogP contribution is -2.35. The molecule has 110 valence electrons. The average Bonchev–Trinajstić information content (AvgIpc) is 2.87. The summed E-state index contributed by atoms with van der Waals surface area (Å²) in [4.78, 5) is 7.54. The number of likely N-dealkylation sites (tertiary alicyclic amines) is 1. The number of fused-ring (bicyclic) bond motifs is 5. The molecule has 5 aliphatic rings. The molecule has 0 aromatic rings. The second kappa shape index (κ2) is 6.08. The summed E-state index contributed by atoms with van der Waals surface area (Å²) in [7, 11) is 4.48. The highest BCUT2D eigenvalue weighted by molar-refractivity contribution is 4.89. The molecule has 5 saturated heterocycles. The Morgan fingerprint density at radius 3 is 2.11 bits per heavy atom. The van der Waals surface area contributed by atoms with Crippen molar-refractivity contribution in [1.29, 1.82) is 0 Å². The Bertz CT molecular complexity index is 276. The van der Waals surface area contributed by atoms with Gasteiger partial charge in [0.25, 0.3) is 0 Å². The van der Waals surface area contributed by atoms with Crippen LogP contribution >= 0.6 is 0 Å². The van der Waals surface area contributed by atoms with Crippen LogP contribution in [0.25, 0.3) is 0 Å². The van der Waals surface area contributed by atoms with Crippen LogP contribution in [0.4, 0.5) is 0 Å². The van der Waals surface area contributed by atoms with E-state index in [-0.39, 0.29) is 0 Å². The van der Waals surface area contributed by atoms with Gasteiger partial charge in [-0.2, -0.15) is 0 Å². The van der Waals surface area contributed by atoms with Gasteiger partial charge in [-0.15, -0.1) is 0 Å². The molecule has 0 aromatic carbocycles. The van der Waals surface area contributed by atoms with Crippen molar-refractivity contribution in [1.82, 2.24) is 20.0 Å². The maximum atomic E-state index is 3.42. The smallest absolute Gasteiger partial charge is 0.0117 e. The second-order valence-corrected chi connectivity index (χ2v) is 6.95. The maximum absolute atomic E-state index is 3.42. The van der Waals surface area contributed by atoms with Crippen LogP contribution < -0.4 is 5.32 Å². The Labute approximate surface area is 118 Å². The van der Waals surface area contributed by atoms with Gasteiger partial charge < -0.3 is 20.0 Å². The van der Waals surface area contributed by atoms with E-state index in [0.29, 0.717) is 0 Å². The Kier molecular flexibility index (Phi) is 4.42. The molecule has 0 radical (unpaired) electrons. The number of hydrogen-bond acceptors (Lipinski definition) is 4. The van der Waals surface area contributed by atoms with Gasteiger partial charge in [0.1, 0.15) is 0 Å². The van der Waals surface area contributed by atoms with Crippen molar-refractivity contribution in [2.45, 2.75) is 18.9 Å². The summed E-state index contributed by atoms with van der Waals surface area (Å²) >= 11 is 0. The summed E-state index contributed by atoms with van der Waals surface area (Å²) < 4.78 is 0. The van der Waals surface area contributed by atoms with E-state index in [0.717, 1.165) is 17.9 Å². The number of hydrogen-bond donors (Lipinski definition) is 1. The van der Waals surface area contributed by atoms with Gasteiger partial charge in [0.2, 0.25) is 0 Å². The van der Waals surface area contributed by atoms with Crippen LogP contribution in [0.1, 0.15) is 12.8 Å². The molecule has 0 aliphatic carbocycles. The average molecular weight is 266 g/mol. The summed E-state index contributed by atoms with van der Waals surface area (Å²) in [6.07, 6.45) is 2.80. The fourth-order valence-electron chi connectivity index (χ4n) is 4.16. The summed E-state index contributed by atoms with van der Waals surface area (Å²) in [5, 5.41) is 3.42. The summed E-state index contributed by atoms with van der Waals surface area (Å²) in [5.41, 5.74) is 0. The highest BCUT2D eigenvalue weighted by atomic mass is 15.2. The molecule has 4 heteroatoms. The number of nitrogens with zero attached hydrogens (tertiary/aromatic N) is 3. The van der Waals surface area contributed by atoms with Crippen LogP contribution in [0.5, 0.6) is 0 Å². The molecule has 0 amide bonds. The third kappa shape index (κ3) is 3.30. The Balaban J connectivity index is 0.000000117. The molecule has 2 atom stereocenters.